The van der Waals surface area contributed by atoms with Crippen molar-refractivity contribution in [2.24, 2.45) is 10.9 Å². The maximum atomic E-state index is 11.5. The molecule has 4 rings (SSSR count). The number of carbonyl (C=O) groups is 1. The Balaban J connectivity index is 1.38. The zero-order valence-corrected chi connectivity index (χ0v) is 18.1. The van der Waals surface area contributed by atoms with Gasteiger partial charge in [0.15, 0.2) is 5.96 Å². The van der Waals surface area contributed by atoms with Crippen molar-refractivity contribution in [3.05, 3.63) is 35.4 Å². The summed E-state index contributed by atoms with van der Waals surface area (Å²) in [4.78, 5) is 20.7. The van der Waals surface area contributed by atoms with E-state index in [1.165, 1.54) is 32.1 Å². The van der Waals surface area contributed by atoms with Gasteiger partial charge in [0.05, 0.1) is 0 Å². The predicted octanol–water partition coefficient (Wildman–Crippen LogP) is 3.19. The van der Waals surface area contributed by atoms with E-state index in [9.17, 15) is 4.79 Å². The number of nitrogens with one attached hydrogen (secondary N) is 1. The summed E-state index contributed by atoms with van der Waals surface area (Å²) in [5.74, 6) is 1.89. The molecule has 2 aliphatic heterocycles. The fourth-order valence-electron chi connectivity index (χ4n) is 5.76. The van der Waals surface area contributed by atoms with Crippen LogP contribution >= 0.6 is 0 Å². The van der Waals surface area contributed by atoms with Crippen LogP contribution in [-0.2, 0) is 16.6 Å². The smallest absolute Gasteiger partial charge is 0.219 e. The number of rotatable bonds is 2. The molecule has 5 nitrogen and oxygen atoms in total. The molecule has 0 radical (unpaired) electrons. The first-order valence-corrected chi connectivity index (χ1v) is 11.4. The zero-order chi connectivity index (χ0) is 20.3. The lowest BCUT2D eigenvalue weighted by atomic mass is 9.66. The summed E-state index contributed by atoms with van der Waals surface area (Å²) < 4.78 is 0. The van der Waals surface area contributed by atoms with Crippen LogP contribution in [0.15, 0.2) is 29.3 Å². The maximum absolute atomic E-state index is 11.5. The Morgan fingerprint density at radius 1 is 1.14 bits per heavy atom. The number of hydrogen-bond donors (Lipinski definition) is 1. The predicted molar refractivity (Wildman–Crippen MR) is 118 cm³/mol. The van der Waals surface area contributed by atoms with Crippen LogP contribution in [0.3, 0.4) is 0 Å². The van der Waals surface area contributed by atoms with E-state index >= 15 is 0 Å². The van der Waals surface area contributed by atoms with Gasteiger partial charge < -0.3 is 15.1 Å². The molecular weight excluding hydrogens is 360 g/mol. The van der Waals surface area contributed by atoms with Crippen molar-refractivity contribution in [1.29, 1.82) is 0 Å². The molecule has 2 heterocycles. The number of hydrogen-bond acceptors (Lipinski definition) is 2. The number of piperidine rings is 2. The van der Waals surface area contributed by atoms with Crippen molar-refractivity contribution < 1.29 is 4.79 Å². The Bertz CT molecular complexity index is 753. The Labute approximate surface area is 175 Å². The first-order valence-electron chi connectivity index (χ1n) is 11.4. The topological polar surface area (TPSA) is 47.9 Å². The molecule has 1 aliphatic carbocycles. The third-order valence-electron chi connectivity index (χ3n) is 7.39. The van der Waals surface area contributed by atoms with Crippen LogP contribution in [0, 0.1) is 5.92 Å². The van der Waals surface area contributed by atoms with Crippen LogP contribution in [0.4, 0.5) is 0 Å². The molecule has 0 aromatic heterocycles. The van der Waals surface area contributed by atoms with Crippen LogP contribution in [0.25, 0.3) is 0 Å². The summed E-state index contributed by atoms with van der Waals surface area (Å²) in [6, 6.07) is 9.11. The van der Waals surface area contributed by atoms with Gasteiger partial charge in [0, 0.05) is 52.1 Å². The summed E-state index contributed by atoms with van der Waals surface area (Å²) in [5.41, 5.74) is 3.43. The number of likely N-dealkylation sites (tertiary alicyclic amines) is 2. The molecule has 0 saturated carbocycles. The molecule has 29 heavy (non-hydrogen) atoms. The van der Waals surface area contributed by atoms with Crippen molar-refractivity contribution in [3.63, 3.8) is 0 Å². The van der Waals surface area contributed by atoms with E-state index in [0.717, 1.165) is 51.5 Å². The molecule has 5 heteroatoms. The third-order valence-corrected chi connectivity index (χ3v) is 7.39. The average Bonchev–Trinajstić information content (AvgIpc) is 2.75. The van der Waals surface area contributed by atoms with E-state index in [2.05, 4.69) is 39.5 Å². The lowest BCUT2D eigenvalue weighted by molar-refractivity contribution is -0.130. The monoisotopic (exact) mass is 396 g/mol. The van der Waals surface area contributed by atoms with E-state index in [1.54, 1.807) is 18.1 Å². The fourth-order valence-corrected chi connectivity index (χ4v) is 5.76. The normalized spacial score (nSPS) is 25.8. The van der Waals surface area contributed by atoms with Crippen molar-refractivity contribution in [1.82, 2.24) is 15.1 Å². The highest BCUT2D eigenvalue weighted by Gasteiger charge is 2.40. The van der Waals surface area contributed by atoms with E-state index < -0.39 is 0 Å². The number of carbonyl (C=O) groups excluding carboxylic acids is 1. The average molecular weight is 397 g/mol. The second kappa shape index (κ2) is 8.76. The highest BCUT2D eigenvalue weighted by Crippen LogP contribution is 2.43. The molecule has 3 aliphatic rings. The minimum atomic E-state index is 0.207. The molecule has 158 valence electrons. The second-order valence-electron chi connectivity index (χ2n) is 9.19. The van der Waals surface area contributed by atoms with Crippen LogP contribution in [0.2, 0.25) is 0 Å². The summed E-state index contributed by atoms with van der Waals surface area (Å²) >= 11 is 0. The minimum Gasteiger partial charge on any atom is -0.356 e. The van der Waals surface area contributed by atoms with Crippen molar-refractivity contribution in [2.45, 2.75) is 57.3 Å². The van der Waals surface area contributed by atoms with Gasteiger partial charge >= 0.3 is 0 Å². The minimum absolute atomic E-state index is 0.207. The highest BCUT2D eigenvalue weighted by molar-refractivity contribution is 5.80. The summed E-state index contributed by atoms with van der Waals surface area (Å²) in [5, 5.41) is 3.67. The maximum Gasteiger partial charge on any atom is 0.219 e. The van der Waals surface area contributed by atoms with Crippen molar-refractivity contribution >= 4 is 11.9 Å². The van der Waals surface area contributed by atoms with Crippen molar-refractivity contribution in [3.8, 4) is 0 Å². The van der Waals surface area contributed by atoms with Gasteiger partial charge in [0.2, 0.25) is 5.91 Å². The molecule has 1 atom stereocenters. The molecule has 2 fully saturated rings. The SMILES string of the molecule is CN=C(NCC1CCN(C(C)=O)CC1)N1CCCC2(CCCc3ccccc32)C1. The van der Waals surface area contributed by atoms with Crippen LogP contribution in [0.1, 0.15) is 56.6 Å². The number of guanidine groups is 1. The Kier molecular flexibility index (Phi) is 6.12. The van der Waals surface area contributed by atoms with Crippen LogP contribution < -0.4 is 5.32 Å². The van der Waals surface area contributed by atoms with E-state index in [0.29, 0.717) is 5.92 Å². The zero-order valence-electron chi connectivity index (χ0n) is 18.1. The molecule has 1 aromatic rings. The Hall–Kier alpha value is -2.04. The lowest BCUT2D eigenvalue weighted by Crippen LogP contribution is -2.54. The van der Waals surface area contributed by atoms with Gasteiger partial charge in [-0.1, -0.05) is 24.3 Å². The molecule has 1 N–H and O–H groups in total. The number of aliphatic imine (C=N–C) groups is 1. The number of nitrogens with zero attached hydrogens (tertiary/aromatic N) is 3. The molecule has 1 unspecified atom stereocenters. The van der Waals surface area contributed by atoms with Gasteiger partial charge in [-0.05, 0) is 62.0 Å². The molecule has 1 spiro atoms. The fraction of sp³-hybridized carbons (Fsp3) is 0.667. The van der Waals surface area contributed by atoms with Gasteiger partial charge in [-0.2, -0.15) is 0 Å². The Morgan fingerprint density at radius 3 is 2.66 bits per heavy atom. The van der Waals surface area contributed by atoms with Gasteiger partial charge in [-0.15, -0.1) is 0 Å². The summed E-state index contributed by atoms with van der Waals surface area (Å²) in [6.45, 7) is 6.58. The molecule has 2 saturated heterocycles. The largest absolute Gasteiger partial charge is 0.356 e. The van der Waals surface area contributed by atoms with Gasteiger partial charge in [0.25, 0.3) is 0 Å². The highest BCUT2D eigenvalue weighted by atomic mass is 16.2. The number of amides is 1. The Morgan fingerprint density at radius 2 is 1.90 bits per heavy atom. The third kappa shape index (κ3) is 4.29. The quantitative estimate of drug-likeness (QED) is 0.617. The molecule has 1 aromatic carbocycles. The van der Waals surface area contributed by atoms with Gasteiger partial charge in [-0.25, -0.2) is 0 Å². The number of fused-ring (bicyclic) bond motifs is 2. The lowest BCUT2D eigenvalue weighted by Gasteiger charge is -2.47. The van der Waals surface area contributed by atoms with Gasteiger partial charge in [-0.3, -0.25) is 9.79 Å². The molecular formula is C24H36N4O. The standard InChI is InChI=1S/C24H36N4O/c1-19(29)27-15-10-20(11-16-27)17-26-23(25-2)28-14-6-13-24(18-28)12-5-8-21-7-3-4-9-22(21)24/h3-4,7,9,20H,5-6,8,10-18H2,1-2H3,(H,25,26). The molecule has 1 amide bonds. The second-order valence-corrected chi connectivity index (χ2v) is 9.19. The van der Waals surface area contributed by atoms with Gasteiger partial charge in [0.1, 0.15) is 0 Å². The van der Waals surface area contributed by atoms with E-state index in [4.69, 9.17) is 0 Å². The summed E-state index contributed by atoms with van der Waals surface area (Å²) in [7, 11) is 1.91. The number of benzene rings is 1. The first-order chi connectivity index (χ1) is 14.1. The van der Waals surface area contributed by atoms with E-state index in [1.807, 2.05) is 11.9 Å². The first kappa shape index (κ1) is 20.2. The number of aryl methyl sites for hydroxylation is 1. The summed E-state index contributed by atoms with van der Waals surface area (Å²) in [6.07, 6.45) is 8.51. The van der Waals surface area contributed by atoms with Crippen LogP contribution in [0.5, 0.6) is 0 Å². The van der Waals surface area contributed by atoms with Crippen LogP contribution in [-0.4, -0.2) is 61.4 Å². The van der Waals surface area contributed by atoms with Crippen molar-refractivity contribution in [2.75, 3.05) is 39.8 Å². The molecule has 0 bridgehead atoms. The van der Waals surface area contributed by atoms with E-state index in [-0.39, 0.29) is 11.3 Å².